The maximum Gasteiger partial charge on any atom is 0.320 e. The zero-order chi connectivity index (χ0) is 26.8. The van der Waals surface area contributed by atoms with Gasteiger partial charge in [0.15, 0.2) is 0 Å². The molecular weight excluding hydrogens is 456 g/mol. The smallest absolute Gasteiger partial charge is 0.320 e. The van der Waals surface area contributed by atoms with Gasteiger partial charge in [-0.25, -0.2) is 0 Å². The second-order valence-electron chi connectivity index (χ2n) is 12.8. The van der Waals surface area contributed by atoms with Crippen molar-refractivity contribution >= 4 is 11.9 Å². The highest BCUT2D eigenvalue weighted by Crippen LogP contribution is 2.27. The average molecular weight is 511 g/mol. The summed E-state index contributed by atoms with van der Waals surface area (Å²) in [4.78, 5) is 34.5. The molecule has 2 fully saturated rings. The fourth-order valence-corrected chi connectivity index (χ4v) is 5.33. The molecule has 0 aromatic carbocycles. The van der Waals surface area contributed by atoms with Gasteiger partial charge in [-0.15, -0.1) is 0 Å². The van der Waals surface area contributed by atoms with E-state index in [0.717, 1.165) is 91.1 Å². The van der Waals surface area contributed by atoms with Gasteiger partial charge in [-0.05, 0) is 71.5 Å². The lowest BCUT2D eigenvalue weighted by molar-refractivity contribution is -0.156. The van der Waals surface area contributed by atoms with E-state index in [9.17, 15) is 9.59 Å². The summed E-state index contributed by atoms with van der Waals surface area (Å²) in [7, 11) is 1.48. The Balaban J connectivity index is 2.04. The molecule has 0 aromatic heterocycles. The Morgan fingerprint density at radius 1 is 0.750 bits per heavy atom. The number of fused-ring (bicyclic) bond motifs is 3. The van der Waals surface area contributed by atoms with Crippen LogP contribution < -0.4 is 0 Å². The molecule has 2 saturated heterocycles. The molecule has 0 amide bonds. The Kier molecular flexibility index (Phi) is 12.6. The van der Waals surface area contributed by atoms with Crippen LogP contribution >= 0.6 is 0 Å². The Morgan fingerprint density at radius 3 is 1.92 bits per heavy atom. The summed E-state index contributed by atoms with van der Waals surface area (Å²) in [6.07, 6.45) is 4.58. The molecule has 0 spiro atoms. The molecule has 8 nitrogen and oxygen atoms in total. The minimum Gasteiger partial charge on any atom is -0.469 e. The highest BCUT2D eigenvalue weighted by molar-refractivity contribution is 5.72. The molecule has 210 valence electrons. The minimum absolute atomic E-state index is 0.110. The van der Waals surface area contributed by atoms with Crippen LogP contribution in [0.5, 0.6) is 0 Å². The molecular formula is C28H54N4O4. The molecule has 0 saturated carbocycles. The van der Waals surface area contributed by atoms with Crippen LogP contribution in [0.3, 0.4) is 0 Å². The van der Waals surface area contributed by atoms with E-state index in [0.29, 0.717) is 19.0 Å². The molecule has 0 N–H and O–H groups in total. The Hall–Kier alpha value is -1.22. The van der Waals surface area contributed by atoms with Crippen LogP contribution in [0.25, 0.3) is 0 Å². The quantitative estimate of drug-likeness (QED) is 0.484. The summed E-state index contributed by atoms with van der Waals surface area (Å²) in [6.45, 7) is 23.2. The van der Waals surface area contributed by atoms with Gasteiger partial charge in [-0.2, -0.15) is 0 Å². The van der Waals surface area contributed by atoms with E-state index in [4.69, 9.17) is 9.47 Å². The Bertz CT molecular complexity index is 673. The summed E-state index contributed by atoms with van der Waals surface area (Å²) in [5.74, 6) is -0.238. The van der Waals surface area contributed by atoms with Crippen molar-refractivity contribution < 1.29 is 19.1 Å². The third-order valence-electron chi connectivity index (χ3n) is 7.08. The average Bonchev–Trinajstić information content (AvgIpc) is 2.77. The van der Waals surface area contributed by atoms with E-state index < -0.39 is 5.60 Å². The van der Waals surface area contributed by atoms with Gasteiger partial charge >= 0.3 is 11.9 Å². The first-order valence-corrected chi connectivity index (χ1v) is 14.0. The number of rotatable bonds is 7. The van der Waals surface area contributed by atoms with Crippen LogP contribution in [0, 0.1) is 5.41 Å². The predicted molar refractivity (Wildman–Crippen MR) is 145 cm³/mol. The summed E-state index contributed by atoms with van der Waals surface area (Å²) in [6, 6.07) is 0.385. The van der Waals surface area contributed by atoms with Crippen LogP contribution in [0.1, 0.15) is 73.6 Å². The normalized spacial score (nSPS) is 24.6. The zero-order valence-electron chi connectivity index (χ0n) is 24.3. The standard InChI is InChI=1S/C28H54N4O4/c1-27(2,3)22-24(10-11-25(33)35-7)32-15-9-13-29-16-17-30(20-21-32)12-8-14-31(19-18-29)23-26(34)36-28(4,5)6/h24H,8-23H2,1-7H3/t24-/m1/s1. The molecule has 0 aromatic rings. The topological polar surface area (TPSA) is 65.6 Å². The highest BCUT2D eigenvalue weighted by atomic mass is 16.6. The van der Waals surface area contributed by atoms with Crippen LogP contribution in [0.4, 0.5) is 0 Å². The largest absolute Gasteiger partial charge is 0.469 e. The van der Waals surface area contributed by atoms with Crippen molar-refractivity contribution in [2.45, 2.75) is 85.3 Å². The third-order valence-corrected chi connectivity index (χ3v) is 7.08. The SMILES string of the molecule is COC(=O)CC[C@H](CC(C)(C)C)N1CCCN2CCN(CCCN(CC(=O)OC(C)(C)C)CC2)CC1. The molecule has 3 atom stereocenters. The number of hydrogen-bond acceptors (Lipinski definition) is 8. The molecule has 2 rings (SSSR count). The molecule has 36 heavy (non-hydrogen) atoms. The van der Waals surface area contributed by atoms with Crippen LogP contribution in [0.15, 0.2) is 0 Å². The van der Waals surface area contributed by atoms with Crippen molar-refractivity contribution in [2.24, 2.45) is 5.41 Å². The van der Waals surface area contributed by atoms with Gasteiger partial charge < -0.3 is 19.3 Å². The molecule has 2 aliphatic heterocycles. The van der Waals surface area contributed by atoms with E-state index in [-0.39, 0.29) is 17.4 Å². The van der Waals surface area contributed by atoms with Gasteiger partial charge in [-0.1, -0.05) is 20.8 Å². The number of methoxy groups -OCH3 is 1. The molecule has 0 aliphatic carbocycles. The summed E-state index contributed by atoms with van der Waals surface area (Å²) >= 11 is 0. The number of hydrogen-bond donors (Lipinski definition) is 0. The van der Waals surface area contributed by atoms with Gasteiger partial charge in [0, 0.05) is 58.3 Å². The third kappa shape index (κ3) is 12.8. The highest BCUT2D eigenvalue weighted by Gasteiger charge is 2.27. The Morgan fingerprint density at radius 2 is 1.33 bits per heavy atom. The summed E-state index contributed by atoms with van der Waals surface area (Å²) < 4.78 is 10.5. The molecule has 2 unspecified atom stereocenters. The van der Waals surface area contributed by atoms with Crippen molar-refractivity contribution in [1.82, 2.24) is 19.6 Å². The number of carbonyl (C=O) groups excluding carboxylic acids is 2. The first-order valence-electron chi connectivity index (χ1n) is 14.0. The first-order chi connectivity index (χ1) is 16.8. The molecule has 2 heterocycles. The van der Waals surface area contributed by atoms with E-state index in [1.165, 1.54) is 7.11 Å². The van der Waals surface area contributed by atoms with E-state index in [1.54, 1.807) is 0 Å². The number of esters is 2. The lowest BCUT2D eigenvalue weighted by Gasteiger charge is -2.39. The lowest BCUT2D eigenvalue weighted by Crippen LogP contribution is -2.49. The predicted octanol–water partition coefficient (Wildman–Crippen LogP) is 3.10. The van der Waals surface area contributed by atoms with Crippen molar-refractivity contribution in [3.8, 4) is 0 Å². The maximum atomic E-state index is 12.5. The molecule has 0 radical (unpaired) electrons. The summed E-state index contributed by atoms with van der Waals surface area (Å²) in [5, 5.41) is 0. The first kappa shape index (κ1) is 31.0. The molecule has 2 bridgehead atoms. The second kappa shape index (κ2) is 14.6. The van der Waals surface area contributed by atoms with Crippen LogP contribution in [-0.2, 0) is 19.1 Å². The monoisotopic (exact) mass is 510 g/mol. The number of ether oxygens (including phenoxy) is 2. The van der Waals surface area contributed by atoms with Crippen LogP contribution in [-0.4, -0.2) is 122 Å². The van der Waals surface area contributed by atoms with Crippen molar-refractivity contribution in [2.75, 3.05) is 79.1 Å². The van der Waals surface area contributed by atoms with Crippen molar-refractivity contribution in [1.29, 1.82) is 0 Å². The van der Waals surface area contributed by atoms with E-state index in [2.05, 4.69) is 40.4 Å². The van der Waals surface area contributed by atoms with Gasteiger partial charge in [0.1, 0.15) is 5.60 Å². The number of nitrogens with zero attached hydrogens (tertiary/aromatic N) is 4. The van der Waals surface area contributed by atoms with E-state index in [1.807, 2.05) is 20.8 Å². The van der Waals surface area contributed by atoms with Crippen LogP contribution in [0.2, 0.25) is 0 Å². The van der Waals surface area contributed by atoms with Crippen molar-refractivity contribution in [3.05, 3.63) is 0 Å². The van der Waals surface area contributed by atoms with Gasteiger partial charge in [0.25, 0.3) is 0 Å². The molecule has 2 aliphatic rings. The maximum absolute atomic E-state index is 12.5. The fraction of sp³-hybridized carbons (Fsp3) is 0.929. The minimum atomic E-state index is -0.443. The van der Waals surface area contributed by atoms with Gasteiger partial charge in [0.05, 0.1) is 13.7 Å². The van der Waals surface area contributed by atoms with Crippen molar-refractivity contribution in [3.63, 3.8) is 0 Å². The fourth-order valence-electron chi connectivity index (χ4n) is 5.33. The zero-order valence-corrected chi connectivity index (χ0v) is 24.3. The summed E-state index contributed by atoms with van der Waals surface area (Å²) in [5.41, 5.74) is -0.234. The molecule has 8 heteroatoms. The van der Waals surface area contributed by atoms with E-state index >= 15 is 0 Å². The number of carbonyl (C=O) groups is 2. The lowest BCUT2D eigenvalue weighted by atomic mass is 9.85. The second-order valence-corrected chi connectivity index (χ2v) is 12.8. The van der Waals surface area contributed by atoms with Gasteiger partial charge in [-0.3, -0.25) is 19.4 Å². The Labute approximate surface area is 220 Å². The van der Waals surface area contributed by atoms with Gasteiger partial charge in [0.2, 0.25) is 0 Å².